The van der Waals surface area contributed by atoms with Crippen molar-refractivity contribution in [1.82, 2.24) is 0 Å². The number of halogens is 2. The molecule has 6 heteroatoms. The van der Waals surface area contributed by atoms with Crippen molar-refractivity contribution in [2.75, 3.05) is 0 Å². The Morgan fingerprint density at radius 3 is 0.317 bits per heavy atom. The fourth-order valence-corrected chi connectivity index (χ4v) is 13.5. The van der Waals surface area contributed by atoms with Crippen molar-refractivity contribution in [2.45, 2.75) is 0 Å². The van der Waals surface area contributed by atoms with E-state index in [4.69, 9.17) is 0 Å². The Morgan fingerprint density at radius 2 is 0.233 bits per heavy atom. The van der Waals surface area contributed by atoms with Crippen LogP contribution in [-0.4, -0.2) is 0 Å². The van der Waals surface area contributed by atoms with E-state index in [9.17, 15) is 0 Å². The summed E-state index contributed by atoms with van der Waals surface area (Å²) in [5, 5.41) is 12.6. The molecule has 0 atom stereocenters. The van der Waals surface area contributed by atoms with Crippen molar-refractivity contribution < 1.29 is 69.8 Å². The van der Waals surface area contributed by atoms with E-state index in [1.807, 2.05) is 0 Å². The molecule has 0 aliphatic heterocycles. The molecule has 0 saturated heterocycles. The molecule has 0 amide bonds. The Bertz CT molecular complexity index is 1870. The summed E-state index contributed by atoms with van der Waals surface area (Å²) in [5.41, 5.74) is 0. The third-order valence-electron chi connectivity index (χ3n) is 9.13. The van der Waals surface area contributed by atoms with Gasteiger partial charge in [0.05, 0.1) is 0 Å². The van der Waals surface area contributed by atoms with Gasteiger partial charge in [0.1, 0.15) is 0 Å². The second-order valence-corrected chi connectivity index (χ2v) is 19.7. The summed E-state index contributed by atoms with van der Waals surface area (Å²) in [5.74, 6) is 0. The number of benzene rings is 9. The molecule has 0 nitrogen and oxygen atoms in total. The third kappa shape index (κ3) is 14.2. The Morgan fingerprint density at radius 1 is 0.150 bits per heavy atom. The van der Waals surface area contributed by atoms with Crippen molar-refractivity contribution in [1.29, 1.82) is 0 Å². The molecule has 0 aliphatic carbocycles. The molecular weight excluding hydrogens is 1040 g/mol. The van der Waals surface area contributed by atoms with Gasteiger partial charge in [0.25, 0.3) is 0 Å². The maximum Gasteiger partial charge on any atom is 2.00 e. The van der Waals surface area contributed by atoms with Crippen LogP contribution in [0.1, 0.15) is 0 Å². The Balaban J connectivity index is 0.000000194. The molecule has 0 spiro atoms. The second-order valence-electron chi connectivity index (χ2n) is 13.0. The smallest absolute Gasteiger partial charge is 1.00 e. The molecule has 0 radical (unpaired) electrons. The molecule has 9 aromatic carbocycles. The van der Waals surface area contributed by atoms with Crippen LogP contribution in [-0.2, 0) is 0 Å². The molecule has 292 valence electrons. The van der Waals surface area contributed by atoms with E-state index in [0.717, 1.165) is 0 Å². The van der Waals surface area contributed by atoms with Gasteiger partial charge in [-0.15, -0.1) is 0 Å². The molecule has 9 rings (SSSR count). The first-order chi connectivity index (χ1) is 28.3. The van der Waals surface area contributed by atoms with Gasteiger partial charge in [-0.1, -0.05) is 273 Å². The average Bonchev–Trinajstić information content (AvgIpc) is 3.30. The normalized spacial score (nSPS) is 10.1. The first-order valence-corrected chi connectivity index (χ1v) is 23.2. The van der Waals surface area contributed by atoms with Crippen LogP contribution in [0.2, 0.25) is 0 Å². The van der Waals surface area contributed by atoms with Gasteiger partial charge in [-0.25, -0.2) is 0 Å². The van der Waals surface area contributed by atoms with Crippen molar-refractivity contribution in [3.8, 4) is 0 Å². The van der Waals surface area contributed by atoms with Crippen LogP contribution in [0.3, 0.4) is 0 Å². The van der Waals surface area contributed by atoms with E-state index < -0.39 is 23.8 Å². The summed E-state index contributed by atoms with van der Waals surface area (Å²) < 4.78 is 0. The SMILES string of the molecule is [Cl-].[Cl-].[Ra+2].c1ccc(P(c2ccccc2)c2ccccc2)cc1.c1ccc(P(c2ccccc2)c2ccccc2)cc1.c1ccc(P(c2ccccc2)c2ccccc2)cc1. The molecule has 0 unspecified atom stereocenters. The monoisotopic (exact) mass is 1080 g/mol. The summed E-state index contributed by atoms with van der Waals surface area (Å²) in [4.78, 5) is 0. The van der Waals surface area contributed by atoms with E-state index in [1.54, 1.807) is 0 Å². The zero-order chi connectivity index (χ0) is 38.7. The number of hydrogen-bond acceptors (Lipinski definition) is 0. The van der Waals surface area contributed by atoms with Gasteiger partial charge < -0.3 is 24.8 Å². The van der Waals surface area contributed by atoms with E-state index >= 15 is 0 Å². The quantitative estimate of drug-likeness (QED) is 0.189. The van der Waals surface area contributed by atoms with Crippen LogP contribution in [0.15, 0.2) is 273 Å². The van der Waals surface area contributed by atoms with Crippen LogP contribution in [0.5, 0.6) is 0 Å². The van der Waals surface area contributed by atoms with Crippen LogP contribution in [0.4, 0.5) is 0 Å². The molecule has 0 aliphatic rings. The molecule has 0 aromatic heterocycles. The maximum absolute atomic E-state index is 2.23. The van der Waals surface area contributed by atoms with Crippen molar-refractivity contribution >= 4 is 71.5 Å². The number of rotatable bonds is 9. The largest absolute Gasteiger partial charge is 2.00 e. The van der Waals surface area contributed by atoms with Crippen molar-refractivity contribution in [3.63, 3.8) is 0 Å². The maximum atomic E-state index is 2.23. The average molecular weight is 1080 g/mol. The standard InChI is InChI=1S/3C18H15P.2ClH.Ra/c3*1-4-10-16(11-5-1)19(17-12-6-2-7-13-17)18-14-8-3-9-15-18;;;/h3*1-15H;2*1H;/q;;;;;+2/p-2. The van der Waals surface area contributed by atoms with Crippen LogP contribution >= 0.6 is 23.8 Å². The third-order valence-corrected chi connectivity index (χ3v) is 16.5. The molecule has 0 saturated carbocycles. The fraction of sp³-hybridized carbons (Fsp3) is 0. The molecule has 9 aromatic rings. The summed E-state index contributed by atoms with van der Waals surface area (Å²) in [7, 11) is -1.34. The summed E-state index contributed by atoms with van der Waals surface area (Å²) >= 11 is 0. The van der Waals surface area contributed by atoms with Gasteiger partial charge in [0.2, 0.25) is 0 Å². The Hall–Kier alpha value is -3.68. The number of hydrogen-bond donors (Lipinski definition) is 0. The molecule has 0 fully saturated rings. The van der Waals surface area contributed by atoms with Gasteiger partial charge in [-0.3, -0.25) is 0 Å². The van der Waals surface area contributed by atoms with Gasteiger partial charge in [-0.05, 0) is 71.5 Å². The van der Waals surface area contributed by atoms with Gasteiger partial charge in [0, 0.05) is 0 Å². The van der Waals surface area contributed by atoms with E-state index in [-0.39, 0.29) is 69.8 Å². The Labute approximate surface area is 410 Å². The first kappa shape index (κ1) is 49.0. The van der Waals surface area contributed by atoms with E-state index in [0.29, 0.717) is 0 Å². The Kier molecular flexibility index (Phi) is 22.3. The predicted molar refractivity (Wildman–Crippen MR) is 255 cm³/mol. The van der Waals surface area contributed by atoms with E-state index in [1.165, 1.54) is 47.7 Å². The molecule has 0 heterocycles. The van der Waals surface area contributed by atoms with Crippen LogP contribution in [0, 0.1) is 45.0 Å². The zero-order valence-corrected chi connectivity index (χ0v) is 43.3. The summed E-state index contributed by atoms with van der Waals surface area (Å²) in [6, 6.07) is 97.0. The fourth-order valence-electron chi connectivity index (χ4n) is 6.54. The minimum absolute atomic E-state index is 0. The van der Waals surface area contributed by atoms with Crippen molar-refractivity contribution in [2.24, 2.45) is 0 Å². The summed E-state index contributed by atoms with van der Waals surface area (Å²) in [6.07, 6.45) is 0. The van der Waals surface area contributed by atoms with E-state index in [2.05, 4.69) is 273 Å². The minimum atomic E-state index is -0.446. The minimum Gasteiger partial charge on any atom is -1.00 e. The topological polar surface area (TPSA) is 0 Å². The van der Waals surface area contributed by atoms with Crippen LogP contribution < -0.4 is 72.6 Å². The van der Waals surface area contributed by atoms with Crippen molar-refractivity contribution in [3.05, 3.63) is 273 Å². The summed E-state index contributed by atoms with van der Waals surface area (Å²) in [6.45, 7) is 0. The zero-order valence-electron chi connectivity index (χ0n) is 33.3. The molecular formula is C54H45Cl2P3Ra. The molecule has 0 N–H and O–H groups in total. The second kappa shape index (κ2) is 27.3. The first-order valence-electron chi connectivity index (χ1n) is 19.2. The van der Waals surface area contributed by atoms with Gasteiger partial charge in [0.15, 0.2) is 0 Å². The van der Waals surface area contributed by atoms with Gasteiger partial charge >= 0.3 is 45.0 Å². The van der Waals surface area contributed by atoms with Crippen LogP contribution in [0.25, 0.3) is 0 Å². The van der Waals surface area contributed by atoms with Gasteiger partial charge in [-0.2, -0.15) is 0 Å². The predicted octanol–water partition coefficient (Wildman–Crippen LogP) is 4.34. The molecule has 0 bridgehead atoms. The molecule has 60 heavy (non-hydrogen) atoms.